The lowest BCUT2D eigenvalue weighted by Crippen LogP contribution is -2.52. The van der Waals surface area contributed by atoms with Crippen molar-refractivity contribution in [3.8, 4) is 0 Å². The van der Waals surface area contributed by atoms with Crippen LogP contribution in [0.3, 0.4) is 0 Å². The van der Waals surface area contributed by atoms with Gasteiger partial charge in [0.2, 0.25) is 0 Å². The summed E-state index contributed by atoms with van der Waals surface area (Å²) in [5.74, 6) is -0.332. The fourth-order valence-electron chi connectivity index (χ4n) is 1.47. The van der Waals surface area contributed by atoms with Crippen molar-refractivity contribution in [1.29, 1.82) is 0 Å². The normalized spacial score (nSPS) is 11.6. The number of hydrogen-bond acceptors (Lipinski definition) is 4. The zero-order chi connectivity index (χ0) is 13.6. The van der Waals surface area contributed by atoms with Gasteiger partial charge in [0.25, 0.3) is 5.91 Å². The molecule has 0 saturated carbocycles. The molecule has 18 heavy (non-hydrogen) atoms. The Labute approximate surface area is 106 Å². The molecule has 0 bridgehead atoms. The molecule has 0 fully saturated rings. The summed E-state index contributed by atoms with van der Waals surface area (Å²) in [5.41, 5.74) is -0.548. The zero-order valence-corrected chi connectivity index (χ0v) is 10.7. The molecule has 0 aliphatic heterocycles. The van der Waals surface area contributed by atoms with Gasteiger partial charge in [-0.1, -0.05) is 0 Å². The number of carbonyl (C=O) groups excluding carboxylic acids is 1. The Morgan fingerprint density at radius 1 is 1.50 bits per heavy atom. The second-order valence-corrected chi connectivity index (χ2v) is 4.41. The quantitative estimate of drug-likeness (QED) is 0.620. The molecule has 6 heteroatoms. The molecule has 1 rings (SSSR count). The van der Waals surface area contributed by atoms with Crippen molar-refractivity contribution in [3.63, 3.8) is 0 Å². The third kappa shape index (κ3) is 3.56. The van der Waals surface area contributed by atoms with Gasteiger partial charge < -0.3 is 24.8 Å². The van der Waals surface area contributed by atoms with Crippen LogP contribution in [0.2, 0.25) is 0 Å². The molecule has 0 aliphatic carbocycles. The Balaban J connectivity index is 2.75. The van der Waals surface area contributed by atoms with E-state index in [2.05, 4.69) is 5.32 Å². The lowest BCUT2D eigenvalue weighted by atomic mass is 10.1. The summed E-state index contributed by atoms with van der Waals surface area (Å²) in [4.78, 5) is 12.0. The number of carbonyl (C=O) groups is 1. The van der Waals surface area contributed by atoms with Gasteiger partial charge in [0, 0.05) is 19.9 Å². The largest absolute Gasteiger partial charge is 0.394 e. The highest BCUT2D eigenvalue weighted by Crippen LogP contribution is 2.07. The van der Waals surface area contributed by atoms with Crippen LogP contribution in [-0.2, 0) is 11.3 Å². The number of nitrogens with one attached hydrogen (secondary N) is 1. The van der Waals surface area contributed by atoms with Crippen LogP contribution in [0.4, 0.5) is 0 Å². The van der Waals surface area contributed by atoms with Gasteiger partial charge in [0.15, 0.2) is 0 Å². The first-order chi connectivity index (χ1) is 8.56. The van der Waals surface area contributed by atoms with E-state index in [1.54, 1.807) is 36.9 Å². The van der Waals surface area contributed by atoms with E-state index in [4.69, 9.17) is 14.9 Å². The van der Waals surface area contributed by atoms with Crippen molar-refractivity contribution in [2.75, 3.05) is 26.9 Å². The summed E-state index contributed by atoms with van der Waals surface area (Å²) in [6.45, 7) is 2.00. The molecular formula is C12H20N2O4. The Kier molecular flexibility index (Phi) is 5.33. The molecule has 1 aromatic rings. The van der Waals surface area contributed by atoms with E-state index in [1.165, 1.54) is 0 Å². The summed E-state index contributed by atoms with van der Waals surface area (Å²) < 4.78 is 6.72. The van der Waals surface area contributed by atoms with E-state index in [0.717, 1.165) is 0 Å². The van der Waals surface area contributed by atoms with E-state index in [1.807, 2.05) is 0 Å². The van der Waals surface area contributed by atoms with E-state index < -0.39 is 5.54 Å². The van der Waals surface area contributed by atoms with Crippen molar-refractivity contribution >= 4 is 5.91 Å². The van der Waals surface area contributed by atoms with E-state index in [0.29, 0.717) is 18.8 Å². The number of amides is 1. The Morgan fingerprint density at radius 3 is 2.72 bits per heavy atom. The maximum atomic E-state index is 12.0. The highest BCUT2D eigenvalue weighted by atomic mass is 16.5. The molecular weight excluding hydrogens is 236 g/mol. The number of ether oxygens (including phenoxy) is 1. The van der Waals surface area contributed by atoms with Crippen molar-refractivity contribution in [2.45, 2.75) is 19.0 Å². The Hall–Kier alpha value is -1.37. The smallest absolute Gasteiger partial charge is 0.268 e. The first-order valence-electron chi connectivity index (χ1n) is 5.74. The van der Waals surface area contributed by atoms with Crippen LogP contribution < -0.4 is 5.32 Å². The van der Waals surface area contributed by atoms with E-state index >= 15 is 0 Å². The molecule has 0 saturated heterocycles. The number of nitrogens with zero attached hydrogens (tertiary/aromatic N) is 1. The van der Waals surface area contributed by atoms with Gasteiger partial charge in [0.1, 0.15) is 5.69 Å². The lowest BCUT2D eigenvalue weighted by Gasteiger charge is -2.26. The molecule has 0 aromatic carbocycles. The maximum absolute atomic E-state index is 12.0. The van der Waals surface area contributed by atoms with Gasteiger partial charge in [0.05, 0.1) is 25.4 Å². The van der Waals surface area contributed by atoms with Crippen LogP contribution in [0.25, 0.3) is 0 Å². The lowest BCUT2D eigenvalue weighted by molar-refractivity contribution is 0.0714. The third-order valence-electron chi connectivity index (χ3n) is 2.71. The maximum Gasteiger partial charge on any atom is 0.268 e. The van der Waals surface area contributed by atoms with Gasteiger partial charge in [-0.15, -0.1) is 0 Å². The van der Waals surface area contributed by atoms with Crippen LogP contribution in [0.5, 0.6) is 0 Å². The summed E-state index contributed by atoms with van der Waals surface area (Å²) in [6.07, 6.45) is 1.78. The molecule has 0 aliphatic rings. The standard InChI is InChI=1S/C12H20N2O4/c1-12(8-15,9-16)13-11(17)10-4-3-5-14(10)6-7-18-2/h3-5,15-16H,6-9H2,1-2H3,(H,13,17). The first kappa shape index (κ1) is 14.7. The number of methoxy groups -OCH3 is 1. The minimum Gasteiger partial charge on any atom is -0.394 e. The van der Waals surface area contributed by atoms with Crippen molar-refractivity contribution in [2.24, 2.45) is 0 Å². The molecule has 1 heterocycles. The predicted molar refractivity (Wildman–Crippen MR) is 66.4 cm³/mol. The average Bonchev–Trinajstić information content (AvgIpc) is 2.84. The predicted octanol–water partition coefficient (Wildman–Crippen LogP) is -0.392. The number of rotatable bonds is 7. The van der Waals surface area contributed by atoms with Gasteiger partial charge in [-0.2, -0.15) is 0 Å². The summed E-state index contributed by atoms with van der Waals surface area (Å²) in [5, 5.41) is 20.9. The van der Waals surface area contributed by atoms with Crippen LogP contribution in [0.15, 0.2) is 18.3 Å². The fourth-order valence-corrected chi connectivity index (χ4v) is 1.47. The number of aromatic nitrogens is 1. The minimum atomic E-state index is -1.02. The molecule has 102 valence electrons. The van der Waals surface area contributed by atoms with Gasteiger partial charge >= 0.3 is 0 Å². The van der Waals surface area contributed by atoms with Crippen LogP contribution in [0, 0.1) is 0 Å². The molecule has 6 nitrogen and oxygen atoms in total. The second kappa shape index (κ2) is 6.53. The van der Waals surface area contributed by atoms with Crippen LogP contribution in [-0.4, -0.2) is 53.2 Å². The molecule has 0 atom stereocenters. The number of aliphatic hydroxyl groups excluding tert-OH is 2. The minimum absolute atomic E-state index is 0.325. The SMILES string of the molecule is COCCn1cccc1C(=O)NC(C)(CO)CO. The Bertz CT molecular complexity index is 385. The van der Waals surface area contributed by atoms with Crippen LogP contribution >= 0.6 is 0 Å². The first-order valence-corrected chi connectivity index (χ1v) is 5.74. The van der Waals surface area contributed by atoms with Crippen LogP contribution in [0.1, 0.15) is 17.4 Å². The Morgan fingerprint density at radius 2 is 2.17 bits per heavy atom. The summed E-state index contributed by atoms with van der Waals surface area (Å²) in [6, 6.07) is 3.44. The topological polar surface area (TPSA) is 83.7 Å². The number of aliphatic hydroxyl groups is 2. The van der Waals surface area contributed by atoms with Crippen molar-refractivity contribution in [3.05, 3.63) is 24.0 Å². The monoisotopic (exact) mass is 256 g/mol. The average molecular weight is 256 g/mol. The molecule has 1 amide bonds. The highest BCUT2D eigenvalue weighted by Gasteiger charge is 2.26. The molecule has 0 unspecified atom stereocenters. The molecule has 1 aromatic heterocycles. The molecule has 0 spiro atoms. The van der Waals surface area contributed by atoms with Gasteiger partial charge in [-0.25, -0.2) is 0 Å². The van der Waals surface area contributed by atoms with E-state index in [9.17, 15) is 4.79 Å². The van der Waals surface area contributed by atoms with Gasteiger partial charge in [-0.3, -0.25) is 4.79 Å². The fraction of sp³-hybridized carbons (Fsp3) is 0.583. The van der Waals surface area contributed by atoms with Crippen molar-refractivity contribution < 1.29 is 19.7 Å². The summed E-state index contributed by atoms with van der Waals surface area (Å²) in [7, 11) is 1.60. The van der Waals surface area contributed by atoms with Crippen molar-refractivity contribution in [1.82, 2.24) is 9.88 Å². The highest BCUT2D eigenvalue weighted by molar-refractivity contribution is 5.93. The third-order valence-corrected chi connectivity index (χ3v) is 2.71. The molecule has 0 radical (unpaired) electrons. The van der Waals surface area contributed by atoms with E-state index in [-0.39, 0.29) is 19.1 Å². The summed E-state index contributed by atoms with van der Waals surface area (Å²) >= 11 is 0. The van der Waals surface area contributed by atoms with Gasteiger partial charge in [-0.05, 0) is 19.1 Å². The zero-order valence-electron chi connectivity index (χ0n) is 10.7. The second-order valence-electron chi connectivity index (χ2n) is 4.41. The molecule has 3 N–H and O–H groups in total. The number of hydrogen-bond donors (Lipinski definition) is 3.